The molecule has 3 aliphatic rings. The summed E-state index contributed by atoms with van der Waals surface area (Å²) in [5, 5.41) is 10.4. The molecule has 1 aromatic carbocycles. The molecule has 0 spiro atoms. The molecule has 218 valence electrons. The fourth-order valence-electron chi connectivity index (χ4n) is 5.91. The van der Waals surface area contributed by atoms with Crippen LogP contribution in [-0.4, -0.2) is 111 Å². The highest BCUT2D eigenvalue weighted by Crippen LogP contribution is 2.47. The SMILES string of the molecule is CCCCN(CCN)C(=O)CN1C[C@H](c2cc(OC)c3c(c2)OCO3)[C@@H](C(=O)O)[C@@H]1CCN1CCCS1(=O)=O. The first-order valence-electron chi connectivity index (χ1n) is 13.6. The Morgan fingerprint density at radius 3 is 2.69 bits per heavy atom. The average Bonchev–Trinajstić information content (AvgIpc) is 3.61. The predicted molar refractivity (Wildman–Crippen MR) is 143 cm³/mol. The van der Waals surface area contributed by atoms with Crippen LogP contribution in [0.15, 0.2) is 12.1 Å². The number of benzene rings is 1. The molecule has 0 aliphatic carbocycles. The van der Waals surface area contributed by atoms with Crippen molar-refractivity contribution in [3.8, 4) is 17.2 Å². The minimum absolute atomic E-state index is 0.0309. The molecular formula is C26H40N4O8S. The van der Waals surface area contributed by atoms with Crippen molar-refractivity contribution in [2.45, 2.75) is 44.6 Å². The van der Waals surface area contributed by atoms with Crippen LogP contribution in [0.1, 0.15) is 44.1 Å². The number of methoxy groups -OCH3 is 1. The number of carbonyl (C=O) groups is 2. The molecule has 12 nitrogen and oxygen atoms in total. The van der Waals surface area contributed by atoms with Gasteiger partial charge in [-0.1, -0.05) is 13.3 Å². The Morgan fingerprint density at radius 2 is 2.05 bits per heavy atom. The lowest BCUT2D eigenvalue weighted by Gasteiger charge is -2.30. The first-order valence-corrected chi connectivity index (χ1v) is 15.2. The minimum atomic E-state index is -3.34. The second-order valence-corrected chi connectivity index (χ2v) is 12.4. The lowest BCUT2D eigenvalue weighted by molar-refractivity contribution is -0.143. The number of ether oxygens (including phenoxy) is 3. The number of nitrogens with two attached hydrogens (primary N) is 1. The molecule has 3 aliphatic heterocycles. The molecule has 0 saturated carbocycles. The first kappa shape index (κ1) is 29.4. The zero-order valence-corrected chi connectivity index (χ0v) is 23.5. The van der Waals surface area contributed by atoms with Gasteiger partial charge >= 0.3 is 5.97 Å². The number of carboxylic acids is 1. The monoisotopic (exact) mass is 568 g/mol. The van der Waals surface area contributed by atoms with Gasteiger partial charge in [0.1, 0.15) is 0 Å². The Kier molecular flexibility index (Phi) is 9.57. The number of likely N-dealkylation sites (tertiary alicyclic amines) is 1. The summed E-state index contributed by atoms with van der Waals surface area (Å²) in [7, 11) is -1.83. The van der Waals surface area contributed by atoms with Crippen molar-refractivity contribution in [1.82, 2.24) is 14.1 Å². The van der Waals surface area contributed by atoms with Crippen LogP contribution in [0, 0.1) is 5.92 Å². The molecule has 0 radical (unpaired) electrons. The fraction of sp³-hybridized carbons (Fsp3) is 0.692. The molecule has 2 fully saturated rings. The van der Waals surface area contributed by atoms with Crippen LogP contribution in [0.5, 0.6) is 17.2 Å². The number of rotatable bonds is 13. The van der Waals surface area contributed by atoms with Crippen LogP contribution in [0.2, 0.25) is 0 Å². The van der Waals surface area contributed by atoms with Crippen molar-refractivity contribution in [3.05, 3.63) is 17.7 Å². The van der Waals surface area contributed by atoms with Gasteiger partial charge < -0.3 is 30.0 Å². The van der Waals surface area contributed by atoms with Gasteiger partial charge in [0, 0.05) is 51.2 Å². The maximum atomic E-state index is 13.4. The normalized spacial score (nSPS) is 24.2. The lowest BCUT2D eigenvalue weighted by atomic mass is 9.84. The predicted octanol–water partition coefficient (Wildman–Crippen LogP) is 0.906. The number of hydrogen-bond donors (Lipinski definition) is 2. The van der Waals surface area contributed by atoms with E-state index in [1.807, 2.05) is 4.90 Å². The van der Waals surface area contributed by atoms with E-state index in [1.54, 1.807) is 17.0 Å². The van der Waals surface area contributed by atoms with Crippen LogP contribution in [-0.2, 0) is 19.6 Å². The van der Waals surface area contributed by atoms with Crippen LogP contribution in [0.4, 0.5) is 0 Å². The van der Waals surface area contributed by atoms with E-state index in [-0.39, 0.29) is 31.5 Å². The summed E-state index contributed by atoms with van der Waals surface area (Å²) in [6.07, 6.45) is 2.63. The molecule has 0 aromatic heterocycles. The second kappa shape index (κ2) is 12.7. The van der Waals surface area contributed by atoms with E-state index in [1.165, 1.54) is 11.4 Å². The minimum Gasteiger partial charge on any atom is -0.493 e. The fourth-order valence-corrected chi connectivity index (χ4v) is 7.46. The summed E-state index contributed by atoms with van der Waals surface area (Å²) in [5.74, 6) is -0.936. The number of carbonyl (C=O) groups excluding carboxylic acids is 1. The molecule has 3 atom stereocenters. The van der Waals surface area contributed by atoms with E-state index in [4.69, 9.17) is 19.9 Å². The third-order valence-electron chi connectivity index (χ3n) is 7.89. The highest BCUT2D eigenvalue weighted by molar-refractivity contribution is 7.89. The van der Waals surface area contributed by atoms with E-state index in [0.29, 0.717) is 68.4 Å². The molecule has 1 amide bonds. The Bertz CT molecular complexity index is 1150. The van der Waals surface area contributed by atoms with E-state index < -0.39 is 33.9 Å². The molecule has 3 N–H and O–H groups in total. The summed E-state index contributed by atoms with van der Waals surface area (Å²) in [6, 6.07) is 3.00. The smallest absolute Gasteiger partial charge is 0.308 e. The summed E-state index contributed by atoms with van der Waals surface area (Å²) >= 11 is 0. The number of unbranched alkanes of at least 4 members (excludes halogenated alkanes) is 1. The van der Waals surface area contributed by atoms with Gasteiger partial charge in [-0.15, -0.1) is 0 Å². The van der Waals surface area contributed by atoms with Crippen molar-refractivity contribution in [2.75, 3.05) is 65.5 Å². The average molecular weight is 569 g/mol. The van der Waals surface area contributed by atoms with E-state index >= 15 is 0 Å². The zero-order chi connectivity index (χ0) is 28.2. The molecule has 39 heavy (non-hydrogen) atoms. The molecule has 13 heteroatoms. The van der Waals surface area contributed by atoms with Gasteiger partial charge in [0.2, 0.25) is 28.5 Å². The molecule has 0 unspecified atom stereocenters. The number of aliphatic carboxylic acids is 1. The topological polar surface area (TPSA) is 152 Å². The van der Waals surface area contributed by atoms with Gasteiger partial charge in [-0.2, -0.15) is 0 Å². The Balaban J connectivity index is 1.64. The Labute approximate surface area is 230 Å². The van der Waals surface area contributed by atoms with Gasteiger partial charge in [-0.05, 0) is 37.0 Å². The van der Waals surface area contributed by atoms with Gasteiger partial charge in [-0.3, -0.25) is 14.5 Å². The second-order valence-electron chi connectivity index (χ2n) is 10.3. The highest BCUT2D eigenvalue weighted by atomic mass is 32.2. The number of sulfonamides is 1. The van der Waals surface area contributed by atoms with E-state index in [9.17, 15) is 23.1 Å². The maximum absolute atomic E-state index is 13.4. The molecule has 3 heterocycles. The van der Waals surface area contributed by atoms with E-state index in [0.717, 1.165) is 12.8 Å². The number of amides is 1. The molecule has 4 rings (SSSR count). The quantitative estimate of drug-likeness (QED) is 0.351. The number of hydrogen-bond acceptors (Lipinski definition) is 9. The highest BCUT2D eigenvalue weighted by Gasteiger charge is 2.48. The van der Waals surface area contributed by atoms with Gasteiger partial charge in [0.05, 0.1) is 25.3 Å². The third kappa shape index (κ3) is 6.42. The van der Waals surface area contributed by atoms with Gasteiger partial charge in [-0.25, -0.2) is 12.7 Å². The van der Waals surface area contributed by atoms with Crippen molar-refractivity contribution in [1.29, 1.82) is 0 Å². The molecule has 1 aromatic rings. The van der Waals surface area contributed by atoms with E-state index in [2.05, 4.69) is 6.92 Å². The number of fused-ring (bicyclic) bond motifs is 1. The third-order valence-corrected chi connectivity index (χ3v) is 9.85. The number of carboxylic acid groups (broad SMARTS) is 1. The standard InChI is InChI=1S/C26H40N4O8S/c1-3-4-8-28(11-7-27)23(31)16-29-15-19(18-13-21(36-2)25-22(14-18)37-17-38-25)24(26(32)33)20(29)6-10-30-9-5-12-39(30,34)35/h13-14,19-20,24H,3-12,15-17,27H2,1-2H3,(H,32,33)/t19-,20+,24-/m1/s1. The van der Waals surface area contributed by atoms with Crippen molar-refractivity contribution in [2.24, 2.45) is 11.7 Å². The summed E-state index contributed by atoms with van der Waals surface area (Å²) in [4.78, 5) is 29.8. The zero-order valence-electron chi connectivity index (χ0n) is 22.7. The van der Waals surface area contributed by atoms with Crippen LogP contribution < -0.4 is 19.9 Å². The molecular weight excluding hydrogens is 528 g/mol. The Morgan fingerprint density at radius 1 is 1.26 bits per heavy atom. The van der Waals surface area contributed by atoms with Crippen LogP contribution >= 0.6 is 0 Å². The molecule has 0 bridgehead atoms. The summed E-state index contributed by atoms with van der Waals surface area (Å²) < 4.78 is 42.9. The van der Waals surface area contributed by atoms with Gasteiger partial charge in [0.25, 0.3) is 0 Å². The van der Waals surface area contributed by atoms with Crippen molar-refractivity contribution < 1.29 is 37.3 Å². The largest absolute Gasteiger partial charge is 0.493 e. The lowest BCUT2D eigenvalue weighted by Crippen LogP contribution is -2.46. The maximum Gasteiger partial charge on any atom is 0.308 e. The number of nitrogens with zero attached hydrogens (tertiary/aromatic N) is 3. The summed E-state index contributed by atoms with van der Waals surface area (Å²) in [5.41, 5.74) is 6.48. The summed E-state index contributed by atoms with van der Waals surface area (Å²) in [6.45, 7) is 4.42. The van der Waals surface area contributed by atoms with Crippen LogP contribution in [0.3, 0.4) is 0 Å². The van der Waals surface area contributed by atoms with Crippen molar-refractivity contribution in [3.63, 3.8) is 0 Å². The van der Waals surface area contributed by atoms with Crippen molar-refractivity contribution >= 4 is 21.9 Å². The Hall–Kier alpha value is -2.61. The van der Waals surface area contributed by atoms with Gasteiger partial charge in [0.15, 0.2) is 11.5 Å². The molecule has 2 saturated heterocycles. The first-order chi connectivity index (χ1) is 18.7. The van der Waals surface area contributed by atoms with Crippen LogP contribution in [0.25, 0.3) is 0 Å².